The number of amides is 1. The Kier molecular flexibility index (Phi) is 4.21. The molecule has 0 unspecified atom stereocenters. The maximum Gasteiger partial charge on any atom is 0.228 e. The van der Waals surface area contributed by atoms with Crippen molar-refractivity contribution in [2.24, 2.45) is 4.99 Å². The van der Waals surface area contributed by atoms with Gasteiger partial charge in [0.25, 0.3) is 0 Å². The maximum absolute atomic E-state index is 12.9. The number of carbonyl (C=O) groups is 1. The van der Waals surface area contributed by atoms with Crippen molar-refractivity contribution in [2.75, 3.05) is 19.6 Å². The molecule has 1 N–H and O–H groups in total. The molecule has 0 spiro atoms. The maximum atomic E-state index is 12.9. The van der Waals surface area contributed by atoms with Gasteiger partial charge in [0.15, 0.2) is 5.17 Å². The second kappa shape index (κ2) is 6.73. The number of H-pyrrole nitrogens is 1. The standard InChI is InChI=1S/C19H18ClN5OS/c20-13-3-1-12(2-4-13)18-15-10-24(7-5-16(15)22-23-18)17(26)9-14-11-27-19-21-6-8-25(14)19/h1-4,11H,5-10H2,(H,22,23). The molecule has 3 aliphatic heterocycles. The number of carbonyl (C=O) groups excluding carboxylic acids is 1. The second-order valence-corrected chi connectivity index (χ2v) is 8.09. The van der Waals surface area contributed by atoms with Crippen LogP contribution in [0.15, 0.2) is 40.4 Å². The highest BCUT2D eigenvalue weighted by molar-refractivity contribution is 8.16. The van der Waals surface area contributed by atoms with Crippen LogP contribution in [0.4, 0.5) is 0 Å². The van der Waals surface area contributed by atoms with Gasteiger partial charge in [-0.1, -0.05) is 35.5 Å². The number of thioether (sulfide) groups is 1. The van der Waals surface area contributed by atoms with E-state index in [0.717, 1.165) is 59.4 Å². The van der Waals surface area contributed by atoms with Gasteiger partial charge in [-0.2, -0.15) is 5.10 Å². The Hall–Kier alpha value is -2.25. The fourth-order valence-corrected chi connectivity index (χ4v) is 4.82. The molecule has 1 aromatic carbocycles. The average Bonchev–Trinajstić information content (AvgIpc) is 3.39. The summed E-state index contributed by atoms with van der Waals surface area (Å²) in [4.78, 5) is 21.5. The zero-order valence-electron chi connectivity index (χ0n) is 14.6. The number of aromatic nitrogens is 2. The van der Waals surface area contributed by atoms with E-state index in [2.05, 4.69) is 25.5 Å². The molecule has 6 nitrogen and oxygen atoms in total. The summed E-state index contributed by atoms with van der Waals surface area (Å²) in [5.74, 6) is 0.156. The van der Waals surface area contributed by atoms with Crippen LogP contribution in [0.25, 0.3) is 11.3 Å². The number of aliphatic imine (C=N–C) groups is 1. The largest absolute Gasteiger partial charge is 0.337 e. The van der Waals surface area contributed by atoms with Crippen molar-refractivity contribution >= 4 is 34.4 Å². The molecule has 0 atom stereocenters. The van der Waals surface area contributed by atoms with E-state index in [1.54, 1.807) is 11.8 Å². The van der Waals surface area contributed by atoms with Gasteiger partial charge in [0.05, 0.1) is 18.7 Å². The highest BCUT2D eigenvalue weighted by Gasteiger charge is 2.30. The normalized spacial score (nSPS) is 18.3. The summed E-state index contributed by atoms with van der Waals surface area (Å²) in [6.45, 7) is 3.01. The monoisotopic (exact) mass is 399 g/mol. The summed E-state index contributed by atoms with van der Waals surface area (Å²) in [7, 11) is 0. The molecule has 0 saturated carbocycles. The van der Waals surface area contributed by atoms with E-state index < -0.39 is 0 Å². The minimum atomic E-state index is 0.156. The molecule has 1 aromatic heterocycles. The third-order valence-corrected chi connectivity index (χ3v) is 6.39. The number of fused-ring (bicyclic) bond motifs is 2. The van der Waals surface area contributed by atoms with Crippen LogP contribution in [0, 0.1) is 0 Å². The number of hydrogen-bond donors (Lipinski definition) is 1. The molecule has 5 rings (SSSR count). The number of benzene rings is 1. The molecule has 3 aliphatic rings. The SMILES string of the molecule is O=C(CC1=CSC2=NCCN12)N1CCc2[nH]nc(-c3ccc(Cl)cc3)c2C1. The molecule has 1 amide bonds. The van der Waals surface area contributed by atoms with Gasteiger partial charge in [0.1, 0.15) is 0 Å². The first-order chi connectivity index (χ1) is 13.2. The van der Waals surface area contributed by atoms with Gasteiger partial charge in [-0.3, -0.25) is 14.9 Å². The molecular formula is C19H18ClN5OS. The Morgan fingerprint density at radius 2 is 2.11 bits per heavy atom. The molecular weight excluding hydrogens is 382 g/mol. The number of aromatic amines is 1. The van der Waals surface area contributed by atoms with Crippen LogP contribution in [0.5, 0.6) is 0 Å². The lowest BCUT2D eigenvalue weighted by molar-refractivity contribution is -0.131. The minimum Gasteiger partial charge on any atom is -0.337 e. The zero-order chi connectivity index (χ0) is 18.4. The van der Waals surface area contributed by atoms with E-state index in [-0.39, 0.29) is 5.91 Å². The Morgan fingerprint density at radius 1 is 1.26 bits per heavy atom. The van der Waals surface area contributed by atoms with E-state index in [1.165, 1.54) is 0 Å². The molecule has 2 aromatic rings. The van der Waals surface area contributed by atoms with Crippen molar-refractivity contribution in [3.8, 4) is 11.3 Å². The van der Waals surface area contributed by atoms with Gasteiger partial charge in [0, 0.05) is 53.6 Å². The number of hydrogen-bond acceptors (Lipinski definition) is 5. The van der Waals surface area contributed by atoms with Crippen LogP contribution in [0.2, 0.25) is 5.02 Å². The molecule has 0 radical (unpaired) electrons. The van der Waals surface area contributed by atoms with Crippen LogP contribution in [-0.4, -0.2) is 50.7 Å². The molecule has 138 valence electrons. The van der Waals surface area contributed by atoms with Crippen LogP contribution < -0.4 is 0 Å². The predicted octanol–water partition coefficient (Wildman–Crippen LogP) is 3.26. The lowest BCUT2D eigenvalue weighted by Gasteiger charge is -2.28. The molecule has 0 aliphatic carbocycles. The smallest absolute Gasteiger partial charge is 0.228 e. The third-order valence-electron chi connectivity index (χ3n) is 5.18. The summed E-state index contributed by atoms with van der Waals surface area (Å²) < 4.78 is 0. The topological polar surface area (TPSA) is 64.6 Å². The van der Waals surface area contributed by atoms with E-state index >= 15 is 0 Å². The minimum absolute atomic E-state index is 0.156. The predicted molar refractivity (Wildman–Crippen MR) is 107 cm³/mol. The summed E-state index contributed by atoms with van der Waals surface area (Å²) in [5, 5.41) is 11.4. The number of amidine groups is 1. The van der Waals surface area contributed by atoms with Gasteiger partial charge >= 0.3 is 0 Å². The summed E-state index contributed by atoms with van der Waals surface area (Å²) in [6, 6.07) is 7.66. The molecule has 4 heterocycles. The molecule has 0 saturated heterocycles. The zero-order valence-corrected chi connectivity index (χ0v) is 16.2. The fraction of sp³-hybridized carbons (Fsp3) is 0.316. The molecule has 0 bridgehead atoms. The van der Waals surface area contributed by atoms with E-state index in [1.807, 2.05) is 29.2 Å². The Labute approximate surface area is 166 Å². The molecule has 27 heavy (non-hydrogen) atoms. The van der Waals surface area contributed by atoms with E-state index in [0.29, 0.717) is 18.0 Å². The second-order valence-electron chi connectivity index (χ2n) is 6.82. The summed E-state index contributed by atoms with van der Waals surface area (Å²) in [6.07, 6.45) is 1.22. The molecule has 8 heteroatoms. The third kappa shape index (κ3) is 3.04. The van der Waals surface area contributed by atoms with Crippen LogP contribution in [-0.2, 0) is 17.8 Å². The van der Waals surface area contributed by atoms with Crippen molar-refractivity contribution in [3.63, 3.8) is 0 Å². The van der Waals surface area contributed by atoms with Gasteiger partial charge in [0.2, 0.25) is 5.91 Å². The quantitative estimate of drug-likeness (QED) is 0.860. The van der Waals surface area contributed by atoms with Gasteiger partial charge in [-0.05, 0) is 17.5 Å². The lowest BCUT2D eigenvalue weighted by atomic mass is 10.0. The first-order valence-corrected chi connectivity index (χ1v) is 10.2. The van der Waals surface area contributed by atoms with Crippen molar-refractivity contribution in [1.29, 1.82) is 0 Å². The number of nitrogens with zero attached hydrogens (tertiary/aromatic N) is 4. The first-order valence-electron chi connectivity index (χ1n) is 8.96. The van der Waals surface area contributed by atoms with Crippen molar-refractivity contribution < 1.29 is 4.79 Å². The first kappa shape index (κ1) is 16.9. The summed E-state index contributed by atoms with van der Waals surface area (Å²) in [5.41, 5.74) is 5.21. The van der Waals surface area contributed by atoms with Crippen LogP contribution >= 0.6 is 23.4 Å². The van der Waals surface area contributed by atoms with Crippen molar-refractivity contribution in [1.82, 2.24) is 20.0 Å². The fourth-order valence-electron chi connectivity index (χ4n) is 3.74. The van der Waals surface area contributed by atoms with Crippen LogP contribution in [0.3, 0.4) is 0 Å². The Morgan fingerprint density at radius 3 is 2.96 bits per heavy atom. The number of halogens is 1. The van der Waals surface area contributed by atoms with Crippen molar-refractivity contribution in [2.45, 2.75) is 19.4 Å². The van der Waals surface area contributed by atoms with E-state index in [4.69, 9.17) is 11.6 Å². The highest BCUT2D eigenvalue weighted by atomic mass is 35.5. The Balaban J connectivity index is 1.33. The average molecular weight is 400 g/mol. The number of rotatable bonds is 3. The molecule has 0 fully saturated rings. The highest BCUT2D eigenvalue weighted by Crippen LogP contribution is 2.33. The van der Waals surface area contributed by atoms with Gasteiger partial charge in [-0.25, -0.2) is 0 Å². The van der Waals surface area contributed by atoms with Crippen LogP contribution in [0.1, 0.15) is 17.7 Å². The van der Waals surface area contributed by atoms with E-state index in [9.17, 15) is 4.79 Å². The van der Waals surface area contributed by atoms with Crippen molar-refractivity contribution in [3.05, 3.63) is 51.7 Å². The van der Waals surface area contributed by atoms with Gasteiger partial charge in [-0.15, -0.1) is 0 Å². The van der Waals surface area contributed by atoms with Gasteiger partial charge < -0.3 is 9.80 Å². The Bertz CT molecular complexity index is 965. The summed E-state index contributed by atoms with van der Waals surface area (Å²) >= 11 is 7.62. The number of nitrogens with one attached hydrogen (secondary N) is 1. The lowest BCUT2D eigenvalue weighted by Crippen LogP contribution is -2.37.